The third-order valence-electron chi connectivity index (χ3n) is 3.72. The van der Waals surface area contributed by atoms with Gasteiger partial charge in [-0.2, -0.15) is 0 Å². The molecule has 11 heteroatoms. The molecule has 3 rings (SSSR count). The van der Waals surface area contributed by atoms with E-state index in [1.807, 2.05) is 31.3 Å². The maximum absolute atomic E-state index is 12.2. The maximum atomic E-state index is 12.2. The fraction of sp³-hybridized carbons (Fsp3) is 0.167. The van der Waals surface area contributed by atoms with Crippen LogP contribution >= 0.6 is 62.5 Å². The molecule has 152 valence electrons. The van der Waals surface area contributed by atoms with E-state index in [2.05, 4.69) is 31.4 Å². The molecule has 0 aliphatic rings. The minimum absolute atomic E-state index is 0.121. The molecule has 0 bridgehead atoms. The van der Waals surface area contributed by atoms with E-state index >= 15 is 0 Å². The van der Waals surface area contributed by atoms with Gasteiger partial charge in [0.25, 0.3) is 0 Å². The number of carbonyl (C=O) groups is 1. The normalized spacial score (nSPS) is 10.8. The van der Waals surface area contributed by atoms with Gasteiger partial charge in [-0.3, -0.25) is 4.79 Å². The number of nitrogens with zero attached hydrogens (tertiary/aromatic N) is 3. The highest BCUT2D eigenvalue weighted by Gasteiger charge is 2.14. The topological polar surface area (TPSA) is 69.0 Å². The number of carbonyl (C=O) groups excluding carboxylic acids is 1. The summed E-state index contributed by atoms with van der Waals surface area (Å²) >= 11 is 22.6. The van der Waals surface area contributed by atoms with Crippen molar-refractivity contribution in [2.24, 2.45) is 7.05 Å². The molecule has 0 atom stereocenters. The first-order valence-corrected chi connectivity index (χ1v) is 11.1. The summed E-state index contributed by atoms with van der Waals surface area (Å²) < 4.78 is 8.46. The molecule has 1 heterocycles. The molecule has 0 unspecified atom stereocenters. The molecule has 6 nitrogen and oxygen atoms in total. The van der Waals surface area contributed by atoms with Gasteiger partial charge in [0, 0.05) is 11.5 Å². The number of anilines is 1. The molecular weight excluding hydrogens is 523 g/mol. The lowest BCUT2D eigenvalue weighted by molar-refractivity contribution is -0.113. The third kappa shape index (κ3) is 6.02. The zero-order valence-corrected chi connectivity index (χ0v) is 19.6. The van der Waals surface area contributed by atoms with Crippen molar-refractivity contribution in [3.63, 3.8) is 0 Å². The number of thioether (sulfide) groups is 1. The summed E-state index contributed by atoms with van der Waals surface area (Å²) in [7, 11) is 1.82. The highest BCUT2D eigenvalue weighted by Crippen LogP contribution is 2.32. The SMILES string of the molecule is Cn1c(COc2ccc(Br)cc2)nnc1SCC(=O)Nc1cc(Cl)c(Cl)cc1Cl. The van der Waals surface area contributed by atoms with Gasteiger partial charge in [0.2, 0.25) is 5.91 Å². The Morgan fingerprint density at radius 3 is 2.55 bits per heavy atom. The monoisotopic (exact) mass is 534 g/mol. The number of aromatic nitrogens is 3. The van der Waals surface area contributed by atoms with Crippen LogP contribution in [0, 0.1) is 0 Å². The Morgan fingerprint density at radius 1 is 1.14 bits per heavy atom. The molecule has 2 aromatic carbocycles. The quantitative estimate of drug-likeness (QED) is 0.303. The Hall–Kier alpha value is -1.45. The van der Waals surface area contributed by atoms with Crippen molar-refractivity contribution in [3.8, 4) is 5.75 Å². The van der Waals surface area contributed by atoms with Crippen molar-refractivity contribution in [1.29, 1.82) is 0 Å². The van der Waals surface area contributed by atoms with Crippen LogP contribution in [-0.2, 0) is 18.4 Å². The molecule has 1 amide bonds. The first-order chi connectivity index (χ1) is 13.8. The van der Waals surface area contributed by atoms with Crippen LogP contribution in [0.15, 0.2) is 46.0 Å². The molecule has 0 aliphatic heterocycles. The molecule has 1 N–H and O–H groups in total. The Bertz CT molecular complexity index is 1030. The molecule has 3 aromatic rings. The average Bonchev–Trinajstić information content (AvgIpc) is 3.04. The van der Waals surface area contributed by atoms with Crippen LogP contribution < -0.4 is 10.1 Å². The van der Waals surface area contributed by atoms with Crippen LogP contribution in [-0.4, -0.2) is 26.4 Å². The number of hydrogen-bond acceptors (Lipinski definition) is 5. The lowest BCUT2D eigenvalue weighted by atomic mass is 10.3. The first kappa shape index (κ1) is 22.2. The minimum Gasteiger partial charge on any atom is -0.486 e. The molecule has 0 saturated carbocycles. The van der Waals surface area contributed by atoms with E-state index in [1.54, 1.807) is 4.57 Å². The molecule has 29 heavy (non-hydrogen) atoms. The van der Waals surface area contributed by atoms with E-state index in [9.17, 15) is 4.79 Å². The van der Waals surface area contributed by atoms with Crippen molar-refractivity contribution in [2.45, 2.75) is 11.8 Å². The second-order valence-corrected chi connectivity index (χ2v) is 8.86. The first-order valence-electron chi connectivity index (χ1n) is 8.17. The van der Waals surface area contributed by atoms with Gasteiger partial charge >= 0.3 is 0 Å². The summed E-state index contributed by atoms with van der Waals surface area (Å²) in [6.07, 6.45) is 0. The Kier molecular flexibility index (Phi) is 7.70. The summed E-state index contributed by atoms with van der Waals surface area (Å²) in [4.78, 5) is 12.2. The fourth-order valence-corrected chi connectivity index (χ4v) is 3.80. The minimum atomic E-state index is -0.258. The van der Waals surface area contributed by atoms with Crippen LogP contribution in [0.4, 0.5) is 5.69 Å². The summed E-state index contributed by atoms with van der Waals surface area (Å²) in [5.41, 5.74) is 0.396. The van der Waals surface area contributed by atoms with Gasteiger partial charge in [-0.15, -0.1) is 10.2 Å². The van der Waals surface area contributed by atoms with Crippen molar-refractivity contribution in [1.82, 2.24) is 14.8 Å². The van der Waals surface area contributed by atoms with Gasteiger partial charge in [0.05, 0.1) is 26.5 Å². The highest BCUT2D eigenvalue weighted by molar-refractivity contribution is 9.10. The number of hydrogen-bond donors (Lipinski definition) is 1. The van der Waals surface area contributed by atoms with Gasteiger partial charge in [-0.1, -0.05) is 62.5 Å². The second-order valence-electron chi connectivity index (χ2n) is 5.78. The van der Waals surface area contributed by atoms with Crippen LogP contribution in [0.5, 0.6) is 5.75 Å². The highest BCUT2D eigenvalue weighted by atomic mass is 79.9. The second kappa shape index (κ2) is 10.0. The molecular formula is C18H14BrCl3N4O2S. The van der Waals surface area contributed by atoms with E-state index in [1.165, 1.54) is 23.9 Å². The predicted molar refractivity (Wildman–Crippen MR) is 120 cm³/mol. The molecule has 0 radical (unpaired) electrons. The average molecular weight is 537 g/mol. The van der Waals surface area contributed by atoms with Crippen molar-refractivity contribution in [3.05, 3.63) is 61.8 Å². The smallest absolute Gasteiger partial charge is 0.234 e. The maximum Gasteiger partial charge on any atom is 0.234 e. The van der Waals surface area contributed by atoms with Gasteiger partial charge in [-0.05, 0) is 36.4 Å². The number of ether oxygens (including phenoxy) is 1. The molecule has 0 saturated heterocycles. The number of halogens is 4. The van der Waals surface area contributed by atoms with Gasteiger partial charge in [0.1, 0.15) is 12.4 Å². The van der Waals surface area contributed by atoms with Crippen LogP contribution in [0.1, 0.15) is 5.82 Å². The predicted octanol–water partition coefficient (Wildman–Crippen LogP) is 5.85. The summed E-state index contributed by atoms with van der Waals surface area (Å²) in [6.45, 7) is 0.261. The third-order valence-corrected chi connectivity index (χ3v) is 6.31. The lowest BCUT2D eigenvalue weighted by Gasteiger charge is -2.09. The van der Waals surface area contributed by atoms with E-state index in [0.29, 0.717) is 31.7 Å². The molecule has 0 fully saturated rings. The van der Waals surface area contributed by atoms with E-state index < -0.39 is 0 Å². The number of rotatable bonds is 7. The van der Waals surface area contributed by atoms with Crippen LogP contribution in [0.25, 0.3) is 0 Å². The summed E-state index contributed by atoms with van der Waals surface area (Å²) in [6, 6.07) is 10.5. The number of nitrogens with one attached hydrogen (secondary N) is 1. The van der Waals surface area contributed by atoms with E-state index in [-0.39, 0.29) is 18.3 Å². The van der Waals surface area contributed by atoms with Crippen LogP contribution in [0.3, 0.4) is 0 Å². The lowest BCUT2D eigenvalue weighted by Crippen LogP contribution is -2.15. The Balaban J connectivity index is 1.55. The van der Waals surface area contributed by atoms with Crippen molar-refractivity contribution >= 4 is 74.1 Å². The van der Waals surface area contributed by atoms with Crippen molar-refractivity contribution in [2.75, 3.05) is 11.1 Å². The van der Waals surface area contributed by atoms with Crippen molar-refractivity contribution < 1.29 is 9.53 Å². The van der Waals surface area contributed by atoms with E-state index in [0.717, 1.165) is 10.2 Å². The molecule has 0 spiro atoms. The van der Waals surface area contributed by atoms with E-state index in [4.69, 9.17) is 39.5 Å². The van der Waals surface area contributed by atoms with Gasteiger partial charge < -0.3 is 14.6 Å². The zero-order valence-electron chi connectivity index (χ0n) is 15.0. The Labute approximate surface area is 195 Å². The fourth-order valence-electron chi connectivity index (χ4n) is 2.21. The zero-order chi connectivity index (χ0) is 21.0. The standard InChI is InChI=1S/C18H14BrCl3N4O2S/c1-26-16(8-28-11-4-2-10(19)3-5-11)24-25-18(26)29-9-17(27)23-15-7-13(21)12(20)6-14(15)22/h2-7H,8-9H2,1H3,(H,23,27). The summed E-state index contributed by atoms with van der Waals surface area (Å²) in [5.74, 6) is 1.23. The van der Waals surface area contributed by atoms with Gasteiger partial charge in [0.15, 0.2) is 11.0 Å². The van der Waals surface area contributed by atoms with Crippen LogP contribution in [0.2, 0.25) is 15.1 Å². The molecule has 0 aliphatic carbocycles. The number of benzene rings is 2. The Morgan fingerprint density at radius 2 is 1.83 bits per heavy atom. The molecule has 1 aromatic heterocycles. The summed E-state index contributed by atoms with van der Waals surface area (Å²) in [5, 5.41) is 12.5. The largest absolute Gasteiger partial charge is 0.486 e. The van der Waals surface area contributed by atoms with Gasteiger partial charge in [-0.25, -0.2) is 0 Å². The number of amides is 1.